The van der Waals surface area contributed by atoms with Gasteiger partial charge < -0.3 is 9.73 Å². The Balaban J connectivity index is 1.32. The molecule has 3 aromatic rings. The molecule has 4 rings (SSSR count). The van der Waals surface area contributed by atoms with Crippen LogP contribution in [0.5, 0.6) is 0 Å². The van der Waals surface area contributed by atoms with Gasteiger partial charge in [0, 0.05) is 36.3 Å². The van der Waals surface area contributed by atoms with Crippen LogP contribution in [-0.2, 0) is 14.8 Å². The number of nitrogens with one attached hydrogen (secondary N) is 2. The third kappa shape index (κ3) is 5.38. The Hall–Kier alpha value is -3.01. The summed E-state index contributed by atoms with van der Waals surface area (Å²) in [6.45, 7) is 1.51. The molecule has 31 heavy (non-hydrogen) atoms. The van der Waals surface area contributed by atoms with Crippen LogP contribution in [0, 0.1) is 0 Å². The zero-order valence-electron chi connectivity index (χ0n) is 16.8. The van der Waals surface area contributed by atoms with Crippen molar-refractivity contribution in [1.82, 2.24) is 9.62 Å². The van der Waals surface area contributed by atoms with E-state index in [1.54, 1.807) is 6.07 Å². The van der Waals surface area contributed by atoms with Gasteiger partial charge in [-0.1, -0.05) is 18.2 Å². The van der Waals surface area contributed by atoms with Gasteiger partial charge in [-0.25, -0.2) is 17.9 Å². The molecule has 1 amide bonds. The molecule has 2 N–H and O–H groups in total. The molecule has 1 fully saturated rings. The number of hydrogen-bond acceptors (Lipinski definition) is 6. The first-order chi connectivity index (χ1) is 14.9. The highest BCUT2D eigenvalue weighted by molar-refractivity contribution is 7.89. The van der Waals surface area contributed by atoms with Crippen molar-refractivity contribution in [1.29, 1.82) is 0 Å². The Morgan fingerprint density at radius 2 is 1.77 bits per heavy atom. The maximum absolute atomic E-state index is 12.8. The van der Waals surface area contributed by atoms with Crippen molar-refractivity contribution in [3.8, 4) is 0 Å². The van der Waals surface area contributed by atoms with Gasteiger partial charge in [0.15, 0.2) is 0 Å². The van der Waals surface area contributed by atoms with Gasteiger partial charge in [0.25, 0.3) is 0 Å². The number of nitrogens with zero attached hydrogens (tertiary/aromatic N) is 1. The second kappa shape index (κ2) is 9.01. The quantitative estimate of drug-likeness (QED) is 0.568. The SMILES string of the molecule is O=C(CN1CCC(NS(=O)(=O)c2ccc3oc(=O)ccc3c2)CC1)Nc1ccccc1. The lowest BCUT2D eigenvalue weighted by Gasteiger charge is -2.31. The molecule has 0 unspecified atom stereocenters. The molecule has 0 atom stereocenters. The minimum atomic E-state index is -3.71. The lowest BCUT2D eigenvalue weighted by Crippen LogP contribution is -2.46. The van der Waals surface area contributed by atoms with E-state index < -0.39 is 15.6 Å². The number of rotatable bonds is 6. The average Bonchev–Trinajstić information content (AvgIpc) is 2.75. The number of anilines is 1. The summed E-state index contributed by atoms with van der Waals surface area (Å²) in [4.78, 5) is 25.6. The fourth-order valence-electron chi connectivity index (χ4n) is 3.64. The first-order valence-corrected chi connectivity index (χ1v) is 11.5. The molecule has 0 spiro atoms. The Labute approximate surface area is 179 Å². The number of para-hydroxylation sites is 1. The topological polar surface area (TPSA) is 109 Å². The van der Waals surface area contributed by atoms with Gasteiger partial charge in [-0.3, -0.25) is 9.69 Å². The molecule has 8 nitrogen and oxygen atoms in total. The summed E-state index contributed by atoms with van der Waals surface area (Å²) in [5, 5.41) is 3.40. The van der Waals surface area contributed by atoms with Crippen LogP contribution in [0.1, 0.15) is 12.8 Å². The second-order valence-electron chi connectivity index (χ2n) is 7.54. The predicted octanol–water partition coefficient (Wildman–Crippen LogP) is 2.17. The zero-order chi connectivity index (χ0) is 21.8. The standard InChI is InChI=1S/C22H23N3O5S/c26-21(23-17-4-2-1-3-5-17)15-25-12-10-18(11-13-25)24-31(28,29)19-7-8-20-16(14-19)6-9-22(27)30-20/h1-9,14,18,24H,10-13,15H2,(H,23,26). The molecule has 0 bridgehead atoms. The number of piperidine rings is 1. The minimum absolute atomic E-state index is 0.0898. The summed E-state index contributed by atoms with van der Waals surface area (Å²) in [6.07, 6.45) is 1.22. The van der Waals surface area contributed by atoms with Gasteiger partial charge in [0.05, 0.1) is 11.4 Å². The van der Waals surface area contributed by atoms with E-state index in [9.17, 15) is 18.0 Å². The summed E-state index contributed by atoms with van der Waals surface area (Å²) in [6, 6.07) is 16.3. The zero-order valence-corrected chi connectivity index (χ0v) is 17.6. The van der Waals surface area contributed by atoms with E-state index in [1.165, 1.54) is 24.3 Å². The van der Waals surface area contributed by atoms with Crippen molar-refractivity contribution in [2.45, 2.75) is 23.8 Å². The molecule has 0 aliphatic carbocycles. The highest BCUT2D eigenvalue weighted by Crippen LogP contribution is 2.20. The molecule has 0 radical (unpaired) electrons. The average molecular weight is 442 g/mol. The Bertz CT molecular complexity index is 1230. The van der Waals surface area contributed by atoms with Crippen molar-refractivity contribution in [3.63, 3.8) is 0 Å². The third-order valence-corrected chi connectivity index (χ3v) is 6.75. The molecule has 1 aliphatic heterocycles. The summed E-state index contributed by atoms with van der Waals surface area (Å²) >= 11 is 0. The predicted molar refractivity (Wildman–Crippen MR) is 117 cm³/mol. The molecule has 1 aliphatic rings. The highest BCUT2D eigenvalue weighted by Gasteiger charge is 2.25. The fourth-order valence-corrected chi connectivity index (χ4v) is 4.98. The first kappa shape index (κ1) is 21.2. The van der Waals surface area contributed by atoms with Gasteiger partial charge in [0.2, 0.25) is 15.9 Å². The van der Waals surface area contributed by atoms with Crippen LogP contribution in [-0.4, -0.2) is 44.9 Å². The summed E-state index contributed by atoms with van der Waals surface area (Å²) in [5.74, 6) is -0.0898. The molecule has 2 heterocycles. The van der Waals surface area contributed by atoms with Gasteiger partial charge in [-0.05, 0) is 49.2 Å². The third-order valence-electron chi connectivity index (χ3n) is 5.24. The lowest BCUT2D eigenvalue weighted by molar-refractivity contribution is -0.117. The normalized spacial score (nSPS) is 15.7. The summed E-state index contributed by atoms with van der Waals surface area (Å²) < 4.78 is 33.4. The number of hydrogen-bond donors (Lipinski definition) is 2. The van der Waals surface area contributed by atoms with Crippen molar-refractivity contribution in [3.05, 3.63) is 71.1 Å². The molecule has 1 saturated heterocycles. The molecule has 2 aromatic carbocycles. The monoisotopic (exact) mass is 441 g/mol. The summed E-state index contributed by atoms with van der Waals surface area (Å²) in [5.41, 5.74) is 0.615. The number of carbonyl (C=O) groups excluding carboxylic acids is 1. The van der Waals surface area contributed by atoms with E-state index in [0.717, 1.165) is 5.69 Å². The van der Waals surface area contributed by atoms with Crippen LogP contribution >= 0.6 is 0 Å². The molecule has 1 aromatic heterocycles. The maximum Gasteiger partial charge on any atom is 0.336 e. The Kier molecular flexibility index (Phi) is 6.17. The molecule has 9 heteroatoms. The Morgan fingerprint density at radius 1 is 1.03 bits per heavy atom. The van der Waals surface area contributed by atoms with Crippen molar-refractivity contribution >= 4 is 32.6 Å². The van der Waals surface area contributed by atoms with Crippen molar-refractivity contribution in [2.24, 2.45) is 0 Å². The van der Waals surface area contributed by atoms with Crippen LogP contribution in [0.3, 0.4) is 0 Å². The number of sulfonamides is 1. The van der Waals surface area contributed by atoms with Gasteiger partial charge in [-0.15, -0.1) is 0 Å². The van der Waals surface area contributed by atoms with E-state index in [1.807, 2.05) is 35.2 Å². The van der Waals surface area contributed by atoms with E-state index in [4.69, 9.17) is 4.42 Å². The summed E-state index contributed by atoms with van der Waals surface area (Å²) in [7, 11) is -3.71. The lowest BCUT2D eigenvalue weighted by atomic mass is 10.1. The minimum Gasteiger partial charge on any atom is -0.423 e. The largest absolute Gasteiger partial charge is 0.423 e. The van der Waals surface area contributed by atoms with Gasteiger partial charge in [0.1, 0.15) is 5.58 Å². The molecular weight excluding hydrogens is 418 g/mol. The van der Waals surface area contributed by atoms with E-state index in [0.29, 0.717) is 36.9 Å². The first-order valence-electron chi connectivity index (χ1n) is 10.0. The van der Waals surface area contributed by atoms with Crippen molar-refractivity contribution < 1.29 is 17.6 Å². The van der Waals surface area contributed by atoms with Crippen LogP contribution < -0.4 is 15.7 Å². The molecule has 0 saturated carbocycles. The second-order valence-corrected chi connectivity index (χ2v) is 9.25. The highest BCUT2D eigenvalue weighted by atomic mass is 32.2. The van der Waals surface area contributed by atoms with Gasteiger partial charge >= 0.3 is 5.63 Å². The molecular formula is C22H23N3O5S. The fraction of sp³-hybridized carbons (Fsp3) is 0.273. The maximum atomic E-state index is 12.8. The van der Waals surface area contributed by atoms with Crippen LogP contribution in [0.4, 0.5) is 5.69 Å². The number of benzene rings is 2. The number of amides is 1. The smallest absolute Gasteiger partial charge is 0.336 e. The van der Waals surface area contributed by atoms with Crippen LogP contribution in [0.2, 0.25) is 0 Å². The van der Waals surface area contributed by atoms with Crippen molar-refractivity contribution in [2.75, 3.05) is 25.0 Å². The van der Waals surface area contributed by atoms with E-state index in [2.05, 4.69) is 10.0 Å². The van der Waals surface area contributed by atoms with Gasteiger partial charge in [-0.2, -0.15) is 0 Å². The molecule has 162 valence electrons. The number of likely N-dealkylation sites (tertiary alicyclic amines) is 1. The number of carbonyl (C=O) groups is 1. The Morgan fingerprint density at radius 3 is 2.52 bits per heavy atom. The van der Waals surface area contributed by atoms with E-state index >= 15 is 0 Å². The van der Waals surface area contributed by atoms with Crippen LogP contribution in [0.15, 0.2) is 74.8 Å². The number of fused-ring (bicyclic) bond motifs is 1. The van der Waals surface area contributed by atoms with Crippen LogP contribution in [0.25, 0.3) is 11.0 Å². The van der Waals surface area contributed by atoms with E-state index in [-0.39, 0.29) is 23.4 Å².